The van der Waals surface area contributed by atoms with Crippen LogP contribution in [0.4, 0.5) is 5.69 Å². The fraction of sp³-hybridized carbons (Fsp3) is 0.571. The minimum absolute atomic E-state index is 0.424. The number of halogens is 2. The normalized spacial score (nSPS) is 27.3. The van der Waals surface area contributed by atoms with E-state index >= 15 is 0 Å². The molecule has 1 aliphatic carbocycles. The minimum Gasteiger partial charge on any atom is -0.374 e. The molecule has 98 valence electrons. The molecule has 0 radical (unpaired) electrons. The molecule has 1 saturated carbocycles. The lowest BCUT2D eigenvalue weighted by Crippen LogP contribution is -2.48. The van der Waals surface area contributed by atoms with Crippen molar-refractivity contribution in [1.29, 1.82) is 0 Å². The maximum Gasteiger partial charge on any atom is 0.0779 e. The number of benzene rings is 1. The molecule has 3 rings (SSSR count). The van der Waals surface area contributed by atoms with Gasteiger partial charge in [0.2, 0.25) is 0 Å². The van der Waals surface area contributed by atoms with E-state index in [1.165, 1.54) is 24.9 Å². The zero-order chi connectivity index (χ0) is 12.5. The van der Waals surface area contributed by atoms with Crippen LogP contribution in [0.3, 0.4) is 0 Å². The molecule has 1 heterocycles. The Bertz CT molecular complexity index is 440. The average molecular weight is 331 g/mol. The predicted octanol–water partition coefficient (Wildman–Crippen LogP) is 3.99. The third-order valence-corrected chi connectivity index (χ3v) is 4.95. The predicted molar refractivity (Wildman–Crippen MR) is 78.8 cm³/mol. The number of hydrogen-bond donors (Lipinski definition) is 0. The number of hydrogen-bond acceptors (Lipinski definition) is 2. The van der Waals surface area contributed by atoms with Crippen LogP contribution in [-0.4, -0.2) is 25.3 Å². The van der Waals surface area contributed by atoms with Crippen LogP contribution < -0.4 is 4.90 Å². The Kier molecular flexibility index (Phi) is 3.83. The Morgan fingerprint density at radius 2 is 2.28 bits per heavy atom. The molecule has 0 N–H and O–H groups in total. The Balaban J connectivity index is 1.87. The summed E-state index contributed by atoms with van der Waals surface area (Å²) in [6.45, 7) is 1.81. The van der Waals surface area contributed by atoms with Crippen molar-refractivity contribution in [2.45, 2.75) is 36.7 Å². The molecule has 2 nitrogen and oxygen atoms in total. The van der Waals surface area contributed by atoms with Crippen molar-refractivity contribution in [1.82, 2.24) is 0 Å². The second-order valence-electron chi connectivity index (χ2n) is 5.01. The smallest absolute Gasteiger partial charge is 0.0779 e. The van der Waals surface area contributed by atoms with Gasteiger partial charge in [-0.2, -0.15) is 0 Å². The van der Waals surface area contributed by atoms with Gasteiger partial charge in [0, 0.05) is 22.6 Å². The second kappa shape index (κ2) is 5.40. The van der Waals surface area contributed by atoms with Gasteiger partial charge in [0.25, 0.3) is 0 Å². The molecule has 0 bridgehead atoms. The van der Waals surface area contributed by atoms with Crippen LogP contribution in [0, 0.1) is 0 Å². The summed E-state index contributed by atoms with van der Waals surface area (Å²) in [6, 6.07) is 6.94. The first-order valence-electron chi connectivity index (χ1n) is 6.52. The van der Waals surface area contributed by atoms with Crippen molar-refractivity contribution in [2.24, 2.45) is 0 Å². The highest BCUT2D eigenvalue weighted by atomic mass is 79.9. The molecule has 2 fully saturated rings. The number of morpholine rings is 1. The van der Waals surface area contributed by atoms with Crippen LogP contribution in [0.1, 0.15) is 24.8 Å². The number of ether oxygens (including phenoxy) is 1. The number of alkyl halides is 1. The summed E-state index contributed by atoms with van der Waals surface area (Å²) in [5, 5.41) is 1.66. The SMILES string of the molecule is Clc1cc(N2CCOC3CCCC32)ccc1CBr. The highest BCUT2D eigenvalue weighted by Gasteiger charge is 2.36. The van der Waals surface area contributed by atoms with Gasteiger partial charge in [0.05, 0.1) is 18.8 Å². The molecule has 2 unspecified atom stereocenters. The third-order valence-electron chi connectivity index (χ3n) is 3.99. The summed E-state index contributed by atoms with van der Waals surface area (Å²) in [5.41, 5.74) is 2.39. The van der Waals surface area contributed by atoms with Crippen LogP contribution in [0.15, 0.2) is 18.2 Å². The lowest BCUT2D eigenvalue weighted by molar-refractivity contribution is 0.0256. The molecule has 1 saturated heterocycles. The highest BCUT2D eigenvalue weighted by Crippen LogP contribution is 2.34. The molecule has 0 spiro atoms. The van der Waals surface area contributed by atoms with Crippen LogP contribution in [-0.2, 0) is 10.1 Å². The van der Waals surface area contributed by atoms with Gasteiger partial charge in [-0.1, -0.05) is 33.6 Å². The summed E-state index contributed by atoms with van der Waals surface area (Å²) in [5.74, 6) is 0. The summed E-state index contributed by atoms with van der Waals surface area (Å²) in [7, 11) is 0. The molecule has 1 aliphatic heterocycles. The molecule has 0 amide bonds. The van der Waals surface area contributed by atoms with Crippen molar-refractivity contribution in [3.8, 4) is 0 Å². The van der Waals surface area contributed by atoms with E-state index in [1.807, 2.05) is 0 Å². The van der Waals surface area contributed by atoms with Gasteiger partial charge >= 0.3 is 0 Å². The maximum absolute atomic E-state index is 6.30. The van der Waals surface area contributed by atoms with Crippen molar-refractivity contribution in [3.63, 3.8) is 0 Å². The molecule has 1 aromatic carbocycles. The first-order valence-corrected chi connectivity index (χ1v) is 8.02. The van der Waals surface area contributed by atoms with Gasteiger partial charge < -0.3 is 9.64 Å². The van der Waals surface area contributed by atoms with Crippen LogP contribution in [0.25, 0.3) is 0 Å². The van der Waals surface area contributed by atoms with E-state index in [-0.39, 0.29) is 0 Å². The van der Waals surface area contributed by atoms with Gasteiger partial charge in [0.15, 0.2) is 0 Å². The van der Waals surface area contributed by atoms with Crippen molar-refractivity contribution in [2.75, 3.05) is 18.1 Å². The first kappa shape index (κ1) is 12.8. The van der Waals surface area contributed by atoms with Gasteiger partial charge in [-0.05, 0) is 37.0 Å². The molecular weight excluding hydrogens is 314 g/mol. The molecule has 2 atom stereocenters. The Morgan fingerprint density at radius 1 is 1.39 bits per heavy atom. The van der Waals surface area contributed by atoms with Crippen LogP contribution >= 0.6 is 27.5 Å². The minimum atomic E-state index is 0.424. The van der Waals surface area contributed by atoms with E-state index in [2.05, 4.69) is 39.0 Å². The maximum atomic E-state index is 6.30. The van der Waals surface area contributed by atoms with E-state index in [4.69, 9.17) is 16.3 Å². The molecular formula is C14H17BrClNO. The van der Waals surface area contributed by atoms with Gasteiger partial charge in [0.1, 0.15) is 0 Å². The van der Waals surface area contributed by atoms with E-state index in [1.54, 1.807) is 0 Å². The van der Waals surface area contributed by atoms with Crippen molar-refractivity contribution >= 4 is 33.2 Å². The molecule has 2 aliphatic rings. The number of fused-ring (bicyclic) bond motifs is 1. The van der Waals surface area contributed by atoms with E-state index in [0.29, 0.717) is 12.1 Å². The van der Waals surface area contributed by atoms with E-state index in [9.17, 15) is 0 Å². The number of rotatable bonds is 2. The standard InChI is InChI=1S/C14H17BrClNO/c15-9-10-4-5-11(8-12(10)16)17-6-7-18-14-3-1-2-13(14)17/h4-5,8,13-14H,1-3,6-7,9H2. The number of nitrogens with zero attached hydrogens (tertiary/aromatic N) is 1. The van der Waals surface area contributed by atoms with Gasteiger partial charge in [-0.15, -0.1) is 0 Å². The van der Waals surface area contributed by atoms with Crippen LogP contribution in [0.5, 0.6) is 0 Å². The van der Waals surface area contributed by atoms with Gasteiger partial charge in [-0.25, -0.2) is 0 Å². The largest absolute Gasteiger partial charge is 0.374 e. The Hall–Kier alpha value is -0.250. The summed E-state index contributed by atoms with van der Waals surface area (Å²) >= 11 is 9.76. The van der Waals surface area contributed by atoms with Crippen molar-refractivity contribution < 1.29 is 4.74 Å². The topological polar surface area (TPSA) is 12.5 Å². The summed E-state index contributed by atoms with van der Waals surface area (Å²) < 4.78 is 5.85. The zero-order valence-corrected chi connectivity index (χ0v) is 12.6. The van der Waals surface area contributed by atoms with E-state index < -0.39 is 0 Å². The Morgan fingerprint density at radius 3 is 3.06 bits per heavy atom. The second-order valence-corrected chi connectivity index (χ2v) is 5.98. The zero-order valence-electron chi connectivity index (χ0n) is 10.2. The highest BCUT2D eigenvalue weighted by molar-refractivity contribution is 9.08. The lowest BCUT2D eigenvalue weighted by Gasteiger charge is -2.39. The first-order chi connectivity index (χ1) is 8.79. The average Bonchev–Trinajstić information content (AvgIpc) is 2.86. The molecule has 4 heteroatoms. The van der Waals surface area contributed by atoms with E-state index in [0.717, 1.165) is 29.1 Å². The third kappa shape index (κ3) is 2.28. The summed E-state index contributed by atoms with van der Waals surface area (Å²) in [6.07, 6.45) is 4.14. The molecule has 0 aromatic heterocycles. The monoisotopic (exact) mass is 329 g/mol. The molecule has 1 aromatic rings. The lowest BCUT2D eigenvalue weighted by atomic mass is 10.1. The van der Waals surface area contributed by atoms with Crippen LogP contribution in [0.2, 0.25) is 5.02 Å². The molecule has 18 heavy (non-hydrogen) atoms. The Labute approximate surface area is 121 Å². The fourth-order valence-corrected chi connectivity index (χ4v) is 3.96. The van der Waals surface area contributed by atoms with Crippen molar-refractivity contribution in [3.05, 3.63) is 28.8 Å². The fourth-order valence-electron chi connectivity index (χ4n) is 3.07. The van der Waals surface area contributed by atoms with Gasteiger partial charge in [-0.3, -0.25) is 0 Å². The number of anilines is 1. The quantitative estimate of drug-likeness (QED) is 0.760. The summed E-state index contributed by atoms with van der Waals surface area (Å²) in [4.78, 5) is 2.48.